The molecule has 0 N–H and O–H groups in total. The molecular weight excluding hydrogens is 445 g/mol. The second kappa shape index (κ2) is 9.29. The maximum Gasteiger partial charge on any atom is 0.254 e. The van der Waals surface area contributed by atoms with Gasteiger partial charge in [0.15, 0.2) is 0 Å². The summed E-state index contributed by atoms with van der Waals surface area (Å²) < 4.78 is 21.5. The summed E-state index contributed by atoms with van der Waals surface area (Å²) in [6, 6.07) is 9.13. The summed E-state index contributed by atoms with van der Waals surface area (Å²) in [5.74, 6) is 1.12. The summed E-state index contributed by atoms with van der Waals surface area (Å²) in [5.41, 5.74) is 5.54. The quantitative estimate of drug-likeness (QED) is 0.418. The number of aryl methyl sites for hydroxylation is 2. The summed E-state index contributed by atoms with van der Waals surface area (Å²) in [4.78, 5) is 28.4. The van der Waals surface area contributed by atoms with Gasteiger partial charge in [-0.15, -0.1) is 0 Å². The number of imidazole rings is 1. The largest absolute Gasteiger partial charge is 0.497 e. The summed E-state index contributed by atoms with van der Waals surface area (Å²) >= 11 is 0. The number of rotatable bonds is 6. The van der Waals surface area contributed by atoms with Crippen LogP contribution in [0.2, 0.25) is 0 Å². The van der Waals surface area contributed by atoms with Crippen LogP contribution in [0.15, 0.2) is 55.1 Å². The average molecular weight is 472 g/mol. The van der Waals surface area contributed by atoms with Crippen molar-refractivity contribution in [3.05, 3.63) is 94.8 Å². The lowest BCUT2D eigenvalue weighted by atomic mass is 9.87. The lowest BCUT2D eigenvalue weighted by Gasteiger charge is -2.30. The Labute approximate surface area is 203 Å². The minimum atomic E-state index is -0.400. The zero-order valence-corrected chi connectivity index (χ0v) is 20.0. The van der Waals surface area contributed by atoms with E-state index in [0.717, 1.165) is 33.9 Å². The van der Waals surface area contributed by atoms with Crippen molar-refractivity contribution in [2.75, 3.05) is 13.7 Å². The molecule has 0 bridgehead atoms. The monoisotopic (exact) mass is 471 g/mol. The number of methoxy groups -OCH3 is 1. The molecule has 0 unspecified atom stereocenters. The number of benzene rings is 1. The van der Waals surface area contributed by atoms with E-state index in [0.29, 0.717) is 42.9 Å². The summed E-state index contributed by atoms with van der Waals surface area (Å²) in [7, 11) is 1.61. The fraction of sp³-hybridized carbons (Fsp3) is 0.259. The maximum absolute atomic E-state index is 14.2. The van der Waals surface area contributed by atoms with Crippen LogP contribution in [0.4, 0.5) is 4.39 Å². The van der Waals surface area contributed by atoms with Gasteiger partial charge in [-0.05, 0) is 61.2 Å². The summed E-state index contributed by atoms with van der Waals surface area (Å²) in [6.45, 7) is 5.28. The van der Waals surface area contributed by atoms with Crippen LogP contribution in [-0.2, 0) is 19.5 Å². The van der Waals surface area contributed by atoms with Crippen LogP contribution in [0.5, 0.6) is 5.75 Å². The van der Waals surface area contributed by atoms with Crippen LogP contribution in [0, 0.1) is 19.7 Å². The van der Waals surface area contributed by atoms with E-state index in [1.807, 2.05) is 42.8 Å². The number of amides is 1. The highest BCUT2D eigenvalue weighted by molar-refractivity contribution is 5.99. The molecule has 0 atom stereocenters. The van der Waals surface area contributed by atoms with E-state index in [4.69, 9.17) is 4.74 Å². The van der Waals surface area contributed by atoms with E-state index < -0.39 is 5.82 Å². The topological polar surface area (TPSA) is 73.1 Å². The van der Waals surface area contributed by atoms with Gasteiger partial charge in [0, 0.05) is 54.6 Å². The number of carbonyl (C=O) groups is 1. The van der Waals surface area contributed by atoms with Crippen LogP contribution in [0.25, 0.3) is 11.1 Å². The Hall–Kier alpha value is -4.07. The molecule has 1 aliphatic heterocycles. The fourth-order valence-corrected chi connectivity index (χ4v) is 4.61. The first kappa shape index (κ1) is 22.7. The summed E-state index contributed by atoms with van der Waals surface area (Å²) in [6.07, 6.45) is 7.22. The molecule has 5 rings (SSSR count). The molecule has 0 fully saturated rings. The lowest BCUT2D eigenvalue weighted by Crippen LogP contribution is -2.37. The first-order valence-electron chi connectivity index (χ1n) is 11.5. The number of nitrogens with zero attached hydrogens (tertiary/aromatic N) is 5. The van der Waals surface area contributed by atoms with E-state index >= 15 is 0 Å². The third-order valence-electron chi connectivity index (χ3n) is 6.46. The number of ether oxygens (including phenoxy) is 1. The first-order chi connectivity index (χ1) is 16.9. The van der Waals surface area contributed by atoms with Crippen LogP contribution in [0.1, 0.15) is 38.7 Å². The van der Waals surface area contributed by atoms with Crippen molar-refractivity contribution in [3.8, 4) is 16.9 Å². The zero-order valence-electron chi connectivity index (χ0n) is 20.0. The molecule has 1 amide bonds. The first-order valence-corrected chi connectivity index (χ1v) is 11.5. The van der Waals surface area contributed by atoms with Gasteiger partial charge in [0.2, 0.25) is 0 Å². The predicted octanol–water partition coefficient (Wildman–Crippen LogP) is 4.35. The van der Waals surface area contributed by atoms with E-state index in [-0.39, 0.29) is 5.91 Å². The number of hydrogen-bond donors (Lipinski definition) is 0. The SMILES string of the molecule is COc1ccnc(CN2CCc3c(cc(Cn4ccnc4C)cc3-c3cc(F)cnc3C)C2=O)c1. The van der Waals surface area contributed by atoms with Crippen LogP contribution in [0.3, 0.4) is 0 Å². The molecule has 0 saturated carbocycles. The van der Waals surface area contributed by atoms with E-state index in [1.165, 1.54) is 12.3 Å². The van der Waals surface area contributed by atoms with E-state index in [2.05, 4.69) is 15.0 Å². The van der Waals surface area contributed by atoms with Crippen molar-refractivity contribution in [1.29, 1.82) is 0 Å². The molecule has 4 heterocycles. The van der Waals surface area contributed by atoms with Gasteiger partial charge in [-0.1, -0.05) is 0 Å². The Morgan fingerprint density at radius 2 is 1.83 bits per heavy atom. The molecule has 1 aromatic carbocycles. The highest BCUT2D eigenvalue weighted by atomic mass is 19.1. The third kappa shape index (κ3) is 4.51. The number of aromatic nitrogens is 4. The number of fused-ring (bicyclic) bond motifs is 1. The molecule has 3 aromatic heterocycles. The lowest BCUT2D eigenvalue weighted by molar-refractivity contribution is 0.0725. The van der Waals surface area contributed by atoms with Crippen LogP contribution >= 0.6 is 0 Å². The fourth-order valence-electron chi connectivity index (χ4n) is 4.61. The molecule has 0 radical (unpaired) electrons. The second-order valence-corrected chi connectivity index (χ2v) is 8.72. The van der Waals surface area contributed by atoms with Gasteiger partial charge in [-0.2, -0.15) is 0 Å². The van der Waals surface area contributed by atoms with Gasteiger partial charge in [0.1, 0.15) is 17.4 Å². The number of carbonyl (C=O) groups excluding carboxylic acids is 1. The Balaban J connectivity index is 1.57. The van der Waals surface area contributed by atoms with Crippen molar-refractivity contribution in [2.45, 2.75) is 33.4 Å². The smallest absolute Gasteiger partial charge is 0.254 e. The standard InChI is InChI=1S/C27H26FN5O2/c1-17-24(12-20(28)14-31-17)25-10-19(15-32-9-7-29-18(32)2)11-26-23(25)5-8-33(27(26)34)16-21-13-22(35-3)4-6-30-21/h4,6-7,9-14H,5,8,15-16H2,1-3H3. The average Bonchev–Trinajstić information content (AvgIpc) is 3.26. The molecular formula is C27H26FN5O2. The minimum Gasteiger partial charge on any atom is -0.497 e. The van der Waals surface area contributed by atoms with Gasteiger partial charge in [-0.3, -0.25) is 14.8 Å². The van der Waals surface area contributed by atoms with Crippen molar-refractivity contribution in [2.24, 2.45) is 0 Å². The van der Waals surface area contributed by atoms with Gasteiger partial charge in [0.05, 0.1) is 25.5 Å². The highest BCUT2D eigenvalue weighted by Crippen LogP contribution is 2.34. The maximum atomic E-state index is 14.2. The van der Waals surface area contributed by atoms with Gasteiger partial charge >= 0.3 is 0 Å². The molecule has 4 aromatic rings. The third-order valence-corrected chi connectivity index (χ3v) is 6.46. The number of hydrogen-bond acceptors (Lipinski definition) is 5. The van der Waals surface area contributed by atoms with E-state index in [9.17, 15) is 9.18 Å². The Bertz CT molecular complexity index is 1410. The Kier molecular flexibility index (Phi) is 6.03. The van der Waals surface area contributed by atoms with Gasteiger partial charge in [-0.25, -0.2) is 9.37 Å². The Morgan fingerprint density at radius 3 is 2.60 bits per heavy atom. The zero-order chi connectivity index (χ0) is 24.5. The minimum absolute atomic E-state index is 0.0664. The normalized spacial score (nSPS) is 13.1. The van der Waals surface area contributed by atoms with Crippen LogP contribution < -0.4 is 4.74 Å². The van der Waals surface area contributed by atoms with E-state index in [1.54, 1.807) is 30.5 Å². The van der Waals surface area contributed by atoms with Crippen molar-refractivity contribution < 1.29 is 13.9 Å². The number of pyridine rings is 2. The molecule has 0 spiro atoms. The van der Waals surface area contributed by atoms with Gasteiger partial charge in [0.25, 0.3) is 5.91 Å². The molecule has 1 aliphatic rings. The summed E-state index contributed by atoms with van der Waals surface area (Å²) in [5, 5.41) is 0. The molecule has 178 valence electrons. The second-order valence-electron chi connectivity index (χ2n) is 8.72. The molecule has 8 heteroatoms. The molecule has 35 heavy (non-hydrogen) atoms. The van der Waals surface area contributed by atoms with Crippen LogP contribution in [-0.4, -0.2) is 44.0 Å². The number of halogens is 1. The van der Waals surface area contributed by atoms with Crippen molar-refractivity contribution in [3.63, 3.8) is 0 Å². The van der Waals surface area contributed by atoms with Crippen molar-refractivity contribution in [1.82, 2.24) is 24.4 Å². The Morgan fingerprint density at radius 1 is 1.00 bits per heavy atom. The predicted molar refractivity (Wildman–Crippen MR) is 130 cm³/mol. The van der Waals surface area contributed by atoms with Gasteiger partial charge < -0.3 is 14.2 Å². The molecule has 0 aliphatic carbocycles. The molecule has 0 saturated heterocycles. The molecule has 7 nitrogen and oxygen atoms in total. The van der Waals surface area contributed by atoms with Crippen molar-refractivity contribution >= 4 is 5.91 Å². The highest BCUT2D eigenvalue weighted by Gasteiger charge is 2.28.